The molecule has 0 atom stereocenters. The second-order valence-electron chi connectivity index (χ2n) is 4.53. The number of rotatable bonds is 2. The van der Waals surface area contributed by atoms with Gasteiger partial charge in [0, 0.05) is 10.7 Å². The molecule has 0 radical (unpaired) electrons. The minimum atomic E-state index is 0.702. The Labute approximate surface area is 124 Å². The molecule has 0 amide bonds. The van der Waals surface area contributed by atoms with Crippen molar-refractivity contribution in [1.29, 1.82) is 0 Å². The van der Waals surface area contributed by atoms with Gasteiger partial charge in [-0.2, -0.15) is 0 Å². The zero-order valence-electron chi connectivity index (χ0n) is 10.4. The summed E-state index contributed by atoms with van der Waals surface area (Å²) in [5.41, 5.74) is 4.20. The van der Waals surface area contributed by atoms with Crippen molar-refractivity contribution in [3.05, 3.63) is 56.9 Å². The van der Waals surface area contributed by atoms with Crippen LogP contribution in [0.2, 0.25) is 0 Å². The smallest absolute Gasteiger partial charge is 0.179 e. The Morgan fingerprint density at radius 3 is 3.00 bits per heavy atom. The molecule has 0 aliphatic rings. The average Bonchev–Trinajstić information content (AvgIpc) is 2.65. The van der Waals surface area contributed by atoms with Crippen LogP contribution in [-0.4, -0.2) is 14.5 Å². The fourth-order valence-corrected chi connectivity index (χ4v) is 2.82. The zero-order valence-corrected chi connectivity index (χ0v) is 12.8. The number of aryl methyl sites for hydroxylation is 1. The van der Waals surface area contributed by atoms with Gasteiger partial charge in [0.05, 0.1) is 12.1 Å². The van der Waals surface area contributed by atoms with Gasteiger partial charge < -0.3 is 4.98 Å². The molecule has 3 nitrogen and oxygen atoms in total. The first kappa shape index (κ1) is 12.6. The van der Waals surface area contributed by atoms with Gasteiger partial charge in [-0.1, -0.05) is 28.1 Å². The molecule has 0 aliphatic heterocycles. The molecule has 0 aliphatic carbocycles. The van der Waals surface area contributed by atoms with E-state index in [0.717, 1.165) is 21.2 Å². The Balaban J connectivity index is 2.10. The first-order valence-corrected chi connectivity index (χ1v) is 7.13. The molecule has 0 saturated heterocycles. The molecule has 5 heteroatoms. The Morgan fingerprint density at radius 1 is 1.37 bits per heavy atom. The molecule has 2 aromatic heterocycles. The van der Waals surface area contributed by atoms with Crippen molar-refractivity contribution >= 4 is 39.3 Å². The van der Waals surface area contributed by atoms with Crippen LogP contribution in [0.5, 0.6) is 0 Å². The monoisotopic (exact) mass is 333 g/mol. The maximum absolute atomic E-state index is 5.38. The maximum atomic E-state index is 5.38. The number of hydrogen-bond donors (Lipinski definition) is 1. The van der Waals surface area contributed by atoms with Crippen molar-refractivity contribution in [1.82, 2.24) is 14.5 Å². The standard InChI is InChI=1S/C14H12BrN3S/c1-9-5-12-13(16-7-9)18(14(19)17-12)8-10-3-2-4-11(15)6-10/h2-7H,8H2,1H3,(H,17,19). The van der Waals surface area contributed by atoms with E-state index in [0.29, 0.717) is 11.3 Å². The fourth-order valence-electron chi connectivity index (χ4n) is 2.11. The van der Waals surface area contributed by atoms with Crippen LogP contribution in [0.4, 0.5) is 0 Å². The highest BCUT2D eigenvalue weighted by atomic mass is 79.9. The summed E-state index contributed by atoms with van der Waals surface area (Å²) in [4.78, 5) is 7.68. The minimum Gasteiger partial charge on any atom is -0.329 e. The number of aromatic amines is 1. The van der Waals surface area contributed by atoms with E-state index >= 15 is 0 Å². The number of nitrogens with zero attached hydrogens (tertiary/aromatic N) is 2. The van der Waals surface area contributed by atoms with Crippen LogP contribution in [0.25, 0.3) is 11.2 Å². The predicted octanol–water partition coefficient (Wildman–Crippen LogP) is 4.21. The van der Waals surface area contributed by atoms with E-state index < -0.39 is 0 Å². The topological polar surface area (TPSA) is 33.6 Å². The van der Waals surface area contributed by atoms with Crippen molar-refractivity contribution in [2.75, 3.05) is 0 Å². The number of benzene rings is 1. The SMILES string of the molecule is Cc1cnc2c(c1)[nH]c(=S)n2Cc1cccc(Br)c1. The van der Waals surface area contributed by atoms with E-state index in [1.807, 2.05) is 29.8 Å². The van der Waals surface area contributed by atoms with Gasteiger partial charge in [0.2, 0.25) is 0 Å². The van der Waals surface area contributed by atoms with Crippen molar-refractivity contribution in [2.24, 2.45) is 0 Å². The lowest BCUT2D eigenvalue weighted by Crippen LogP contribution is -2.00. The lowest BCUT2D eigenvalue weighted by molar-refractivity contribution is 0.800. The van der Waals surface area contributed by atoms with E-state index in [9.17, 15) is 0 Å². The van der Waals surface area contributed by atoms with Crippen LogP contribution in [0, 0.1) is 11.7 Å². The highest BCUT2D eigenvalue weighted by molar-refractivity contribution is 9.10. The average molecular weight is 334 g/mol. The Bertz CT molecular complexity index is 804. The first-order valence-electron chi connectivity index (χ1n) is 5.93. The molecule has 0 spiro atoms. The molecule has 19 heavy (non-hydrogen) atoms. The van der Waals surface area contributed by atoms with E-state index in [1.165, 1.54) is 5.56 Å². The lowest BCUT2D eigenvalue weighted by Gasteiger charge is -2.04. The van der Waals surface area contributed by atoms with Gasteiger partial charge in [-0.15, -0.1) is 0 Å². The molecule has 2 heterocycles. The molecule has 0 fully saturated rings. The summed E-state index contributed by atoms with van der Waals surface area (Å²) in [5, 5.41) is 0. The van der Waals surface area contributed by atoms with Crippen LogP contribution < -0.4 is 0 Å². The summed E-state index contributed by atoms with van der Waals surface area (Å²) in [6.07, 6.45) is 1.86. The Hall–Kier alpha value is -1.46. The first-order chi connectivity index (χ1) is 9.13. The number of pyridine rings is 1. The summed E-state index contributed by atoms with van der Waals surface area (Å²) in [7, 11) is 0. The highest BCUT2D eigenvalue weighted by Crippen LogP contribution is 2.17. The molecule has 1 N–H and O–H groups in total. The number of H-pyrrole nitrogens is 1. The number of hydrogen-bond acceptors (Lipinski definition) is 2. The van der Waals surface area contributed by atoms with Crippen LogP contribution >= 0.6 is 28.1 Å². The number of nitrogens with one attached hydrogen (secondary N) is 1. The number of halogens is 1. The quantitative estimate of drug-likeness (QED) is 0.712. The van der Waals surface area contributed by atoms with Gasteiger partial charge in [-0.05, 0) is 48.5 Å². The van der Waals surface area contributed by atoms with Gasteiger partial charge in [-0.25, -0.2) is 4.98 Å². The molecular weight excluding hydrogens is 322 g/mol. The summed E-state index contributed by atoms with van der Waals surface area (Å²) < 4.78 is 3.79. The summed E-state index contributed by atoms with van der Waals surface area (Å²) in [6, 6.07) is 10.3. The minimum absolute atomic E-state index is 0.702. The van der Waals surface area contributed by atoms with Crippen LogP contribution in [0.1, 0.15) is 11.1 Å². The number of imidazole rings is 1. The number of fused-ring (bicyclic) bond motifs is 1. The predicted molar refractivity (Wildman–Crippen MR) is 82.9 cm³/mol. The third-order valence-corrected chi connectivity index (χ3v) is 3.79. The van der Waals surface area contributed by atoms with Crippen molar-refractivity contribution in [3.8, 4) is 0 Å². The number of aromatic nitrogens is 3. The second kappa shape index (κ2) is 4.90. The lowest BCUT2D eigenvalue weighted by atomic mass is 10.2. The van der Waals surface area contributed by atoms with E-state index in [2.05, 4.69) is 44.1 Å². The van der Waals surface area contributed by atoms with Gasteiger partial charge in [0.15, 0.2) is 10.4 Å². The summed E-state index contributed by atoms with van der Waals surface area (Å²) >= 11 is 8.87. The van der Waals surface area contributed by atoms with Crippen molar-refractivity contribution < 1.29 is 0 Å². The maximum Gasteiger partial charge on any atom is 0.179 e. The Kier molecular flexibility index (Phi) is 3.24. The van der Waals surface area contributed by atoms with Gasteiger partial charge >= 0.3 is 0 Å². The molecule has 0 unspecified atom stereocenters. The summed E-state index contributed by atoms with van der Waals surface area (Å²) in [6.45, 7) is 2.74. The molecule has 1 aromatic carbocycles. The van der Waals surface area contributed by atoms with Gasteiger partial charge in [0.1, 0.15) is 0 Å². The van der Waals surface area contributed by atoms with Gasteiger partial charge in [0.25, 0.3) is 0 Å². The van der Waals surface area contributed by atoms with E-state index in [4.69, 9.17) is 12.2 Å². The van der Waals surface area contributed by atoms with E-state index in [1.54, 1.807) is 0 Å². The zero-order chi connectivity index (χ0) is 13.4. The molecule has 3 aromatic rings. The molecule has 0 saturated carbocycles. The van der Waals surface area contributed by atoms with Crippen LogP contribution in [-0.2, 0) is 6.54 Å². The van der Waals surface area contributed by atoms with Crippen LogP contribution in [0.3, 0.4) is 0 Å². The molecule has 3 rings (SSSR count). The van der Waals surface area contributed by atoms with Gasteiger partial charge in [-0.3, -0.25) is 4.57 Å². The van der Waals surface area contributed by atoms with Crippen molar-refractivity contribution in [2.45, 2.75) is 13.5 Å². The third-order valence-electron chi connectivity index (χ3n) is 2.98. The fraction of sp³-hybridized carbons (Fsp3) is 0.143. The largest absolute Gasteiger partial charge is 0.329 e. The normalized spacial score (nSPS) is 11.1. The molecular formula is C14H12BrN3S. The molecule has 0 bridgehead atoms. The Morgan fingerprint density at radius 2 is 2.21 bits per heavy atom. The second-order valence-corrected chi connectivity index (χ2v) is 5.83. The van der Waals surface area contributed by atoms with E-state index in [-0.39, 0.29) is 0 Å². The summed E-state index contributed by atoms with van der Waals surface area (Å²) in [5.74, 6) is 0. The highest BCUT2D eigenvalue weighted by Gasteiger charge is 2.06. The van der Waals surface area contributed by atoms with Crippen molar-refractivity contribution in [3.63, 3.8) is 0 Å². The van der Waals surface area contributed by atoms with Crippen LogP contribution in [0.15, 0.2) is 41.0 Å². The third kappa shape index (κ3) is 2.48. The molecule has 96 valence electrons.